The second kappa shape index (κ2) is 8.13. The third-order valence-electron chi connectivity index (χ3n) is 5.48. The summed E-state index contributed by atoms with van der Waals surface area (Å²) >= 11 is 7.91. The average molecular weight is 437 g/mol. The molecule has 2 aromatic heterocycles. The van der Waals surface area contributed by atoms with Crippen molar-refractivity contribution in [2.24, 2.45) is 0 Å². The zero-order chi connectivity index (χ0) is 20.5. The fraction of sp³-hybridized carbons (Fsp3) is 0.217. The Labute approximate surface area is 184 Å². The summed E-state index contributed by atoms with van der Waals surface area (Å²) in [7, 11) is 1.72. The van der Waals surface area contributed by atoms with E-state index < -0.39 is 0 Å². The number of piperazine rings is 1. The van der Waals surface area contributed by atoms with E-state index >= 15 is 0 Å². The summed E-state index contributed by atoms with van der Waals surface area (Å²) in [4.78, 5) is 14.7. The lowest BCUT2D eigenvalue weighted by Gasteiger charge is -2.37. The number of rotatable bonds is 4. The Kier molecular flexibility index (Phi) is 5.19. The Hall–Kier alpha value is -2.83. The first kappa shape index (κ1) is 19.2. The molecule has 0 spiro atoms. The van der Waals surface area contributed by atoms with Gasteiger partial charge in [-0.2, -0.15) is 4.98 Å². The van der Waals surface area contributed by atoms with E-state index in [4.69, 9.17) is 16.3 Å². The molecule has 0 unspecified atom stereocenters. The molecule has 5 rings (SSSR count). The molecule has 0 radical (unpaired) electrons. The minimum absolute atomic E-state index is 0.297. The first-order chi connectivity index (χ1) is 14.7. The molecule has 3 heterocycles. The molecular weight excluding hydrogens is 416 g/mol. The lowest BCUT2D eigenvalue weighted by atomic mass is 10.1. The van der Waals surface area contributed by atoms with Gasteiger partial charge in [-0.05, 0) is 29.3 Å². The predicted molar refractivity (Wildman–Crippen MR) is 125 cm³/mol. The largest absolute Gasteiger partial charge is 0.495 e. The van der Waals surface area contributed by atoms with E-state index in [2.05, 4.69) is 61.5 Å². The number of nitrogens with zero attached hydrogens (tertiary/aromatic N) is 4. The minimum atomic E-state index is 0.297. The second-order valence-electron chi connectivity index (χ2n) is 7.16. The van der Waals surface area contributed by atoms with Gasteiger partial charge in [-0.25, -0.2) is 4.98 Å². The molecule has 152 valence electrons. The van der Waals surface area contributed by atoms with E-state index in [9.17, 15) is 0 Å². The molecule has 0 aliphatic carbocycles. The van der Waals surface area contributed by atoms with Crippen molar-refractivity contribution in [3.05, 3.63) is 65.3 Å². The molecule has 4 aromatic rings. The highest BCUT2D eigenvalue weighted by molar-refractivity contribution is 7.17. The molecule has 2 aromatic carbocycles. The van der Waals surface area contributed by atoms with E-state index in [-0.39, 0.29) is 0 Å². The van der Waals surface area contributed by atoms with E-state index in [1.54, 1.807) is 18.4 Å². The molecule has 1 aliphatic rings. The van der Waals surface area contributed by atoms with Gasteiger partial charge >= 0.3 is 0 Å². The van der Waals surface area contributed by atoms with Gasteiger partial charge in [-0.1, -0.05) is 42.5 Å². The minimum Gasteiger partial charge on any atom is -0.495 e. The lowest BCUT2D eigenvalue weighted by molar-refractivity contribution is 0.413. The van der Waals surface area contributed by atoms with Crippen molar-refractivity contribution in [1.29, 1.82) is 0 Å². The highest BCUT2D eigenvalue weighted by Gasteiger charge is 2.24. The van der Waals surface area contributed by atoms with Crippen molar-refractivity contribution in [3.63, 3.8) is 0 Å². The quantitative estimate of drug-likeness (QED) is 0.403. The number of hydrogen-bond acceptors (Lipinski definition) is 6. The van der Waals surface area contributed by atoms with Gasteiger partial charge in [0.1, 0.15) is 16.4 Å². The summed E-state index contributed by atoms with van der Waals surface area (Å²) in [5.41, 5.74) is 3.46. The molecule has 1 aliphatic heterocycles. The standard InChI is InChI=1S/C23H21ClN4OS/c1-29-19-10-6-5-9-18(19)27-11-13-28(14-12-27)21-20-17(16-7-3-2-4-8-16)15-30-22(20)26-23(24)25-21/h2-10,15H,11-14H2,1H3. The monoisotopic (exact) mass is 436 g/mol. The van der Waals surface area contributed by atoms with Crippen molar-refractivity contribution in [2.45, 2.75) is 0 Å². The van der Waals surface area contributed by atoms with E-state index in [1.165, 1.54) is 5.56 Å². The number of hydrogen-bond donors (Lipinski definition) is 0. The van der Waals surface area contributed by atoms with Crippen LogP contribution in [-0.2, 0) is 0 Å². The normalized spacial score (nSPS) is 14.3. The third-order valence-corrected chi connectivity index (χ3v) is 6.52. The molecule has 30 heavy (non-hydrogen) atoms. The fourth-order valence-electron chi connectivity index (χ4n) is 4.01. The molecule has 1 fully saturated rings. The summed E-state index contributed by atoms with van der Waals surface area (Å²) in [6.45, 7) is 3.47. The topological polar surface area (TPSA) is 41.5 Å². The maximum absolute atomic E-state index is 6.29. The van der Waals surface area contributed by atoms with Crippen LogP contribution in [0.5, 0.6) is 5.75 Å². The van der Waals surface area contributed by atoms with Gasteiger partial charge in [0.05, 0.1) is 18.2 Å². The van der Waals surface area contributed by atoms with Crippen LogP contribution in [0.1, 0.15) is 0 Å². The third kappa shape index (κ3) is 3.46. The van der Waals surface area contributed by atoms with Crippen molar-refractivity contribution in [1.82, 2.24) is 9.97 Å². The SMILES string of the molecule is COc1ccccc1N1CCN(c2nc(Cl)nc3scc(-c4ccccc4)c23)CC1. The summed E-state index contributed by atoms with van der Waals surface area (Å²) < 4.78 is 5.55. The molecule has 7 heteroatoms. The molecular formula is C23H21ClN4OS. The Bertz CT molecular complexity index is 1170. The smallest absolute Gasteiger partial charge is 0.225 e. The van der Waals surface area contributed by atoms with Crippen LogP contribution in [0.3, 0.4) is 0 Å². The number of thiophene rings is 1. The van der Waals surface area contributed by atoms with Gasteiger partial charge in [0.15, 0.2) is 0 Å². The Morgan fingerprint density at radius 2 is 1.60 bits per heavy atom. The number of benzene rings is 2. The summed E-state index contributed by atoms with van der Waals surface area (Å²) in [5.74, 6) is 1.83. The second-order valence-corrected chi connectivity index (χ2v) is 8.35. The fourth-order valence-corrected chi connectivity index (χ4v) is 5.16. The first-order valence-electron chi connectivity index (χ1n) is 9.87. The number of aromatic nitrogens is 2. The summed E-state index contributed by atoms with van der Waals surface area (Å²) in [6, 6.07) is 18.6. The molecule has 5 nitrogen and oxygen atoms in total. The molecule has 0 amide bonds. The summed E-state index contributed by atoms with van der Waals surface area (Å²) in [6.07, 6.45) is 0. The zero-order valence-corrected chi connectivity index (χ0v) is 18.2. The van der Waals surface area contributed by atoms with Gasteiger partial charge in [-0.3, -0.25) is 0 Å². The highest BCUT2D eigenvalue weighted by Crippen LogP contribution is 2.39. The lowest BCUT2D eigenvalue weighted by Crippen LogP contribution is -2.47. The van der Waals surface area contributed by atoms with Gasteiger partial charge < -0.3 is 14.5 Å². The summed E-state index contributed by atoms with van der Waals surface area (Å²) in [5, 5.41) is 3.53. The van der Waals surface area contributed by atoms with E-state index in [1.807, 2.05) is 18.2 Å². The van der Waals surface area contributed by atoms with E-state index in [0.29, 0.717) is 5.28 Å². The highest BCUT2D eigenvalue weighted by atomic mass is 35.5. The molecule has 0 bridgehead atoms. The van der Waals surface area contributed by atoms with Crippen LogP contribution in [0.25, 0.3) is 21.3 Å². The number of methoxy groups -OCH3 is 1. The number of ether oxygens (including phenoxy) is 1. The predicted octanol–water partition coefficient (Wildman–Crippen LogP) is 5.35. The van der Waals surface area contributed by atoms with Gasteiger partial charge in [-0.15, -0.1) is 11.3 Å². The van der Waals surface area contributed by atoms with Crippen LogP contribution in [0.15, 0.2) is 60.0 Å². The van der Waals surface area contributed by atoms with Crippen molar-refractivity contribution in [3.8, 4) is 16.9 Å². The van der Waals surface area contributed by atoms with Crippen molar-refractivity contribution < 1.29 is 4.74 Å². The number of anilines is 2. The number of para-hydroxylation sites is 2. The maximum atomic E-state index is 6.29. The van der Waals surface area contributed by atoms with Crippen molar-refractivity contribution >= 4 is 44.7 Å². The number of fused-ring (bicyclic) bond motifs is 1. The first-order valence-corrected chi connectivity index (χ1v) is 11.1. The molecule has 0 N–H and O–H groups in total. The van der Waals surface area contributed by atoms with Crippen LogP contribution in [0.4, 0.5) is 11.5 Å². The van der Waals surface area contributed by atoms with Crippen LogP contribution in [0, 0.1) is 0 Å². The van der Waals surface area contributed by atoms with Gasteiger partial charge in [0.2, 0.25) is 5.28 Å². The Balaban J connectivity index is 1.48. The van der Waals surface area contributed by atoms with Gasteiger partial charge in [0, 0.05) is 37.1 Å². The van der Waals surface area contributed by atoms with Crippen LogP contribution < -0.4 is 14.5 Å². The molecule has 1 saturated heterocycles. The average Bonchev–Trinajstić information content (AvgIpc) is 3.23. The maximum Gasteiger partial charge on any atom is 0.225 e. The van der Waals surface area contributed by atoms with Crippen LogP contribution in [-0.4, -0.2) is 43.3 Å². The number of halogens is 1. The van der Waals surface area contributed by atoms with Crippen LogP contribution in [0.2, 0.25) is 5.28 Å². The van der Waals surface area contributed by atoms with E-state index in [0.717, 1.165) is 59.2 Å². The Morgan fingerprint density at radius 3 is 2.37 bits per heavy atom. The molecule has 0 saturated carbocycles. The van der Waals surface area contributed by atoms with Gasteiger partial charge in [0.25, 0.3) is 0 Å². The Morgan fingerprint density at radius 1 is 0.900 bits per heavy atom. The molecule has 0 atom stereocenters. The van der Waals surface area contributed by atoms with Crippen molar-refractivity contribution in [2.75, 3.05) is 43.1 Å². The zero-order valence-electron chi connectivity index (χ0n) is 16.6. The van der Waals surface area contributed by atoms with Crippen LogP contribution >= 0.6 is 22.9 Å².